The molecule has 5 nitrogen and oxygen atoms in total. The molecule has 0 heterocycles. The molecule has 1 aromatic rings. The van der Waals surface area contributed by atoms with Crippen molar-refractivity contribution in [2.75, 3.05) is 7.11 Å². The van der Waals surface area contributed by atoms with Crippen LogP contribution >= 0.6 is 0 Å². The van der Waals surface area contributed by atoms with Gasteiger partial charge in [0.25, 0.3) is 5.91 Å². The third-order valence-corrected chi connectivity index (χ3v) is 2.38. The molecular formula is C11H8F5NO4. The number of ether oxygens (including phenoxy) is 1. The first-order chi connectivity index (χ1) is 9.54. The monoisotopic (exact) mass is 313 g/mol. The highest BCUT2D eigenvalue weighted by atomic mass is 19.4. The standard InChI is InChI=1S/C11H8F5NO4/c1-21-9(19)10(20,11(14,15)16)17-8(18)7-5(12)3-2-4-6(7)13/h2-4,20H,1H3,(H,17,18)/t10-/m1/s1. The lowest BCUT2D eigenvalue weighted by atomic mass is 10.1. The van der Waals surface area contributed by atoms with E-state index in [1.165, 1.54) is 0 Å². The van der Waals surface area contributed by atoms with Crippen LogP contribution in [0.25, 0.3) is 0 Å². The third-order valence-electron chi connectivity index (χ3n) is 2.38. The van der Waals surface area contributed by atoms with Gasteiger partial charge in [-0.3, -0.25) is 4.79 Å². The van der Waals surface area contributed by atoms with Crippen molar-refractivity contribution in [3.05, 3.63) is 35.4 Å². The average molecular weight is 313 g/mol. The molecule has 21 heavy (non-hydrogen) atoms. The molecule has 10 heteroatoms. The lowest BCUT2D eigenvalue weighted by Gasteiger charge is -2.28. The average Bonchev–Trinajstić information content (AvgIpc) is 2.35. The summed E-state index contributed by atoms with van der Waals surface area (Å²) in [5, 5.41) is 10.1. The Labute approximate surface area is 114 Å². The van der Waals surface area contributed by atoms with Crippen molar-refractivity contribution in [2.45, 2.75) is 11.9 Å². The van der Waals surface area contributed by atoms with Crippen LogP contribution in [0, 0.1) is 11.6 Å². The van der Waals surface area contributed by atoms with Crippen molar-refractivity contribution in [2.24, 2.45) is 0 Å². The summed E-state index contributed by atoms with van der Waals surface area (Å²) in [5.41, 5.74) is -5.82. The van der Waals surface area contributed by atoms with Crippen molar-refractivity contribution >= 4 is 11.9 Å². The summed E-state index contributed by atoms with van der Waals surface area (Å²) < 4.78 is 68.3. The van der Waals surface area contributed by atoms with E-state index in [4.69, 9.17) is 0 Å². The van der Waals surface area contributed by atoms with Crippen molar-refractivity contribution in [3.63, 3.8) is 0 Å². The molecule has 0 bridgehead atoms. The summed E-state index contributed by atoms with van der Waals surface area (Å²) in [7, 11) is 0.523. The fourth-order valence-corrected chi connectivity index (χ4v) is 1.33. The number of carbonyl (C=O) groups is 2. The third kappa shape index (κ3) is 3.10. The van der Waals surface area contributed by atoms with Crippen LogP contribution in [0.3, 0.4) is 0 Å². The predicted octanol–water partition coefficient (Wildman–Crippen LogP) is 1.12. The maximum atomic E-state index is 13.3. The fourth-order valence-electron chi connectivity index (χ4n) is 1.33. The molecule has 1 atom stereocenters. The van der Waals surface area contributed by atoms with Gasteiger partial charge in [-0.2, -0.15) is 13.2 Å². The molecule has 0 fully saturated rings. The molecule has 0 aliphatic rings. The Bertz CT molecular complexity index is 554. The van der Waals surface area contributed by atoms with E-state index in [1.54, 1.807) is 0 Å². The van der Waals surface area contributed by atoms with Crippen molar-refractivity contribution in [3.8, 4) is 0 Å². The number of alkyl halides is 3. The largest absolute Gasteiger partial charge is 0.465 e. The summed E-state index contributed by atoms with van der Waals surface area (Å²) in [6.45, 7) is 0. The Morgan fingerprint density at radius 2 is 1.67 bits per heavy atom. The zero-order valence-corrected chi connectivity index (χ0v) is 10.3. The Hall–Kier alpha value is -2.23. The molecule has 0 aliphatic heterocycles. The van der Waals surface area contributed by atoms with E-state index in [1.807, 2.05) is 0 Å². The van der Waals surface area contributed by atoms with E-state index in [0.717, 1.165) is 11.4 Å². The number of halogens is 5. The van der Waals surface area contributed by atoms with E-state index in [2.05, 4.69) is 4.74 Å². The first kappa shape index (κ1) is 16.8. The van der Waals surface area contributed by atoms with Crippen molar-refractivity contribution in [1.29, 1.82) is 0 Å². The van der Waals surface area contributed by atoms with Crippen LogP contribution in [-0.4, -0.2) is 36.0 Å². The molecule has 1 aromatic carbocycles. The highest BCUT2D eigenvalue weighted by Crippen LogP contribution is 2.30. The second-order valence-electron chi connectivity index (χ2n) is 3.75. The van der Waals surface area contributed by atoms with E-state index < -0.39 is 41.0 Å². The molecule has 0 aliphatic carbocycles. The highest BCUT2D eigenvalue weighted by molar-refractivity contribution is 5.98. The minimum absolute atomic E-state index is 0.523. The Morgan fingerprint density at radius 3 is 2.05 bits per heavy atom. The lowest BCUT2D eigenvalue weighted by molar-refractivity contribution is -0.268. The second kappa shape index (κ2) is 5.64. The minimum Gasteiger partial charge on any atom is -0.465 e. The number of hydrogen-bond donors (Lipinski definition) is 2. The number of aliphatic hydroxyl groups is 1. The van der Waals surface area contributed by atoms with Gasteiger partial charge in [-0.25, -0.2) is 13.6 Å². The summed E-state index contributed by atoms with van der Waals surface area (Å²) in [6.07, 6.45) is -5.67. The number of amides is 1. The van der Waals surface area contributed by atoms with Gasteiger partial charge < -0.3 is 15.2 Å². The Kier molecular flexibility index (Phi) is 4.52. The zero-order valence-electron chi connectivity index (χ0n) is 10.3. The molecule has 116 valence electrons. The topological polar surface area (TPSA) is 75.6 Å². The molecule has 0 saturated heterocycles. The quantitative estimate of drug-likeness (QED) is 0.498. The van der Waals surface area contributed by atoms with Gasteiger partial charge in [-0.15, -0.1) is 0 Å². The van der Waals surface area contributed by atoms with E-state index in [0.29, 0.717) is 19.2 Å². The summed E-state index contributed by atoms with van der Waals surface area (Å²) >= 11 is 0. The van der Waals surface area contributed by atoms with Crippen molar-refractivity contribution in [1.82, 2.24) is 5.32 Å². The maximum Gasteiger partial charge on any atom is 0.448 e. The van der Waals surface area contributed by atoms with E-state index in [-0.39, 0.29) is 0 Å². The van der Waals surface area contributed by atoms with Gasteiger partial charge in [-0.1, -0.05) is 6.07 Å². The van der Waals surface area contributed by atoms with E-state index >= 15 is 0 Å². The zero-order chi connectivity index (χ0) is 16.4. The maximum absolute atomic E-state index is 13.3. The first-order valence-electron chi connectivity index (χ1n) is 5.18. The van der Waals surface area contributed by atoms with Gasteiger partial charge >= 0.3 is 17.9 Å². The summed E-state index contributed by atoms with van der Waals surface area (Å²) in [5.74, 6) is -7.18. The summed E-state index contributed by atoms with van der Waals surface area (Å²) in [6, 6.07) is 2.10. The van der Waals surface area contributed by atoms with Crippen LogP contribution < -0.4 is 5.32 Å². The van der Waals surface area contributed by atoms with E-state index in [9.17, 15) is 36.6 Å². The number of rotatable bonds is 3. The van der Waals surface area contributed by atoms with Crippen LogP contribution in [0.15, 0.2) is 18.2 Å². The Morgan fingerprint density at radius 1 is 1.19 bits per heavy atom. The molecule has 0 radical (unpaired) electrons. The number of methoxy groups -OCH3 is 1. The van der Waals surface area contributed by atoms with Gasteiger partial charge in [0.2, 0.25) is 0 Å². The number of esters is 1. The molecule has 0 saturated carbocycles. The van der Waals surface area contributed by atoms with Gasteiger partial charge in [0.05, 0.1) is 7.11 Å². The van der Waals surface area contributed by atoms with Gasteiger partial charge in [0, 0.05) is 0 Å². The molecule has 1 amide bonds. The number of benzene rings is 1. The number of carbonyl (C=O) groups excluding carboxylic acids is 2. The number of hydrogen-bond acceptors (Lipinski definition) is 4. The van der Waals surface area contributed by atoms with Crippen LogP contribution in [0.1, 0.15) is 10.4 Å². The van der Waals surface area contributed by atoms with Crippen LogP contribution in [0.2, 0.25) is 0 Å². The fraction of sp³-hybridized carbons (Fsp3) is 0.273. The number of nitrogens with one attached hydrogen (secondary N) is 1. The van der Waals surface area contributed by atoms with Crippen LogP contribution in [-0.2, 0) is 9.53 Å². The molecule has 0 unspecified atom stereocenters. The summed E-state index contributed by atoms with van der Waals surface area (Å²) in [4.78, 5) is 22.5. The highest BCUT2D eigenvalue weighted by Gasteiger charge is 2.62. The molecule has 2 N–H and O–H groups in total. The first-order valence-corrected chi connectivity index (χ1v) is 5.18. The van der Waals surface area contributed by atoms with Gasteiger partial charge in [0.15, 0.2) is 0 Å². The smallest absolute Gasteiger partial charge is 0.448 e. The van der Waals surface area contributed by atoms with Crippen LogP contribution in [0.4, 0.5) is 22.0 Å². The van der Waals surface area contributed by atoms with Gasteiger partial charge in [-0.05, 0) is 12.1 Å². The molecule has 0 aromatic heterocycles. The predicted molar refractivity (Wildman–Crippen MR) is 56.8 cm³/mol. The molecule has 1 rings (SSSR count). The SMILES string of the molecule is COC(=O)[C@](O)(NC(=O)c1c(F)cccc1F)C(F)(F)F. The lowest BCUT2D eigenvalue weighted by Crippen LogP contribution is -2.64. The molecule has 0 spiro atoms. The molecular weight excluding hydrogens is 305 g/mol. The van der Waals surface area contributed by atoms with Crippen LogP contribution in [0.5, 0.6) is 0 Å². The Balaban J connectivity index is 3.23. The van der Waals surface area contributed by atoms with Crippen molar-refractivity contribution < 1.29 is 41.4 Å². The minimum atomic E-state index is -5.67. The second-order valence-corrected chi connectivity index (χ2v) is 3.75. The normalized spacial score (nSPS) is 14.2. The van der Waals surface area contributed by atoms with Gasteiger partial charge in [0.1, 0.15) is 17.2 Å².